The van der Waals surface area contributed by atoms with Gasteiger partial charge in [-0.3, -0.25) is 4.79 Å². The van der Waals surface area contributed by atoms with Crippen LogP contribution in [0.25, 0.3) is 0 Å². The van der Waals surface area contributed by atoms with Gasteiger partial charge in [-0.15, -0.1) is 0 Å². The van der Waals surface area contributed by atoms with Crippen LogP contribution < -0.4 is 9.64 Å². The van der Waals surface area contributed by atoms with Crippen molar-refractivity contribution in [3.05, 3.63) is 60.2 Å². The minimum Gasteiger partial charge on any atom is -0.497 e. The zero-order valence-corrected chi connectivity index (χ0v) is 17.0. The molecule has 0 spiro atoms. The minimum atomic E-state index is -0.353. The highest BCUT2D eigenvalue weighted by Crippen LogP contribution is 2.34. The lowest BCUT2D eigenvalue weighted by molar-refractivity contribution is -0.143. The molecular weight excluding hydrogens is 350 g/mol. The molecule has 0 aromatic heterocycles. The van der Waals surface area contributed by atoms with E-state index in [-0.39, 0.29) is 18.1 Å². The Hall–Kier alpha value is -2.33. The van der Waals surface area contributed by atoms with Crippen molar-refractivity contribution in [2.45, 2.75) is 64.2 Å². The van der Waals surface area contributed by atoms with Crippen LogP contribution in [0.2, 0.25) is 0 Å². The smallest absolute Gasteiger partial charge is 0.258 e. The quantitative estimate of drug-likeness (QED) is 0.389. The number of amides is 1. The molecule has 2 atom stereocenters. The van der Waals surface area contributed by atoms with Crippen molar-refractivity contribution < 1.29 is 14.3 Å². The van der Waals surface area contributed by atoms with E-state index < -0.39 is 0 Å². The second-order valence-corrected chi connectivity index (χ2v) is 7.39. The van der Waals surface area contributed by atoms with Gasteiger partial charge >= 0.3 is 0 Å². The summed E-state index contributed by atoms with van der Waals surface area (Å²) in [5, 5.41) is 0. The number of anilines is 1. The number of rotatable bonds is 11. The molecule has 28 heavy (non-hydrogen) atoms. The molecule has 0 bridgehead atoms. The molecule has 1 heterocycles. The molecule has 1 amide bonds. The topological polar surface area (TPSA) is 38.8 Å². The summed E-state index contributed by atoms with van der Waals surface area (Å²) in [6.45, 7) is 2.70. The van der Waals surface area contributed by atoms with Crippen molar-refractivity contribution in [1.82, 2.24) is 0 Å². The van der Waals surface area contributed by atoms with Crippen molar-refractivity contribution >= 4 is 11.6 Å². The first kappa shape index (κ1) is 20.4. The van der Waals surface area contributed by atoms with Gasteiger partial charge in [0, 0.05) is 5.69 Å². The molecule has 0 N–H and O–H groups in total. The van der Waals surface area contributed by atoms with Crippen molar-refractivity contribution in [2.24, 2.45) is 0 Å². The number of hydrogen-bond acceptors (Lipinski definition) is 3. The number of benzene rings is 2. The maximum atomic E-state index is 12.9. The van der Waals surface area contributed by atoms with Crippen LogP contribution >= 0.6 is 0 Å². The number of carbonyl (C=O) groups excluding carboxylic acids is 1. The van der Waals surface area contributed by atoms with Gasteiger partial charge in [0.05, 0.1) is 19.8 Å². The summed E-state index contributed by atoms with van der Waals surface area (Å²) in [5.74, 6) is 0.851. The molecule has 0 saturated carbocycles. The molecule has 1 fully saturated rings. The standard InChI is InChI=1S/C24H31NO3/c1-3-4-5-6-10-13-22-23(28-18-19-11-8-7-9-12-19)24(26)25(22)20-14-16-21(27-2)17-15-20/h7-9,11-12,14-17,22-23H,3-6,10,13,18H2,1-2H3/t22-,23+/m1/s1. The number of nitrogens with zero attached hydrogens (tertiary/aromatic N) is 1. The highest BCUT2D eigenvalue weighted by molar-refractivity contribution is 6.04. The number of unbranched alkanes of at least 4 members (excludes halogenated alkanes) is 4. The van der Waals surface area contributed by atoms with E-state index in [2.05, 4.69) is 6.92 Å². The van der Waals surface area contributed by atoms with Crippen molar-refractivity contribution in [3.8, 4) is 5.75 Å². The van der Waals surface area contributed by atoms with E-state index in [0.717, 1.165) is 29.8 Å². The molecule has 0 unspecified atom stereocenters. The molecule has 1 saturated heterocycles. The SMILES string of the molecule is CCCCCCC[C@@H]1[C@H](OCc2ccccc2)C(=O)N1c1ccc(OC)cc1. The molecule has 0 radical (unpaired) electrons. The number of carbonyl (C=O) groups is 1. The lowest BCUT2D eigenvalue weighted by atomic mass is 9.91. The summed E-state index contributed by atoms with van der Waals surface area (Å²) in [4.78, 5) is 14.8. The first-order valence-corrected chi connectivity index (χ1v) is 10.4. The molecule has 150 valence electrons. The largest absolute Gasteiger partial charge is 0.497 e. The van der Waals surface area contributed by atoms with Gasteiger partial charge in [-0.25, -0.2) is 0 Å². The van der Waals surface area contributed by atoms with E-state index in [9.17, 15) is 4.79 Å². The average Bonchev–Trinajstić information content (AvgIpc) is 2.74. The Bertz CT molecular complexity index is 729. The number of β-lactam (4-membered cyclic amide) rings is 1. The van der Waals surface area contributed by atoms with Crippen LogP contribution in [0.4, 0.5) is 5.69 Å². The third kappa shape index (κ3) is 4.93. The van der Waals surface area contributed by atoms with Gasteiger partial charge in [0.15, 0.2) is 6.10 Å². The predicted octanol–water partition coefficient (Wildman–Crippen LogP) is 5.36. The van der Waals surface area contributed by atoms with Gasteiger partial charge in [-0.05, 0) is 36.2 Å². The lowest BCUT2D eigenvalue weighted by Gasteiger charge is -2.47. The molecule has 1 aliphatic heterocycles. The van der Waals surface area contributed by atoms with Crippen molar-refractivity contribution in [3.63, 3.8) is 0 Å². The molecule has 2 aromatic carbocycles. The molecular formula is C24H31NO3. The van der Waals surface area contributed by atoms with Gasteiger partial charge in [0.2, 0.25) is 0 Å². The Morgan fingerprint density at radius 3 is 2.32 bits per heavy atom. The van der Waals surface area contributed by atoms with E-state index in [1.807, 2.05) is 59.5 Å². The summed E-state index contributed by atoms with van der Waals surface area (Å²) in [7, 11) is 1.65. The maximum Gasteiger partial charge on any atom is 0.258 e. The number of methoxy groups -OCH3 is 1. The maximum absolute atomic E-state index is 12.9. The molecule has 4 nitrogen and oxygen atoms in total. The van der Waals surface area contributed by atoms with E-state index in [1.165, 1.54) is 25.7 Å². The molecule has 1 aliphatic rings. The number of ether oxygens (including phenoxy) is 2. The fourth-order valence-corrected chi connectivity index (χ4v) is 3.76. The fraction of sp³-hybridized carbons (Fsp3) is 0.458. The van der Waals surface area contributed by atoms with E-state index in [4.69, 9.17) is 9.47 Å². The third-order valence-corrected chi connectivity index (χ3v) is 5.39. The number of hydrogen-bond donors (Lipinski definition) is 0. The Morgan fingerprint density at radius 1 is 0.929 bits per heavy atom. The van der Waals surface area contributed by atoms with Crippen LogP contribution in [0.3, 0.4) is 0 Å². The highest BCUT2D eigenvalue weighted by atomic mass is 16.5. The Morgan fingerprint density at radius 2 is 1.64 bits per heavy atom. The summed E-state index contributed by atoms with van der Waals surface area (Å²) in [6.07, 6.45) is 6.72. The van der Waals surface area contributed by atoms with Crippen molar-refractivity contribution in [1.29, 1.82) is 0 Å². The zero-order valence-electron chi connectivity index (χ0n) is 17.0. The second kappa shape index (κ2) is 10.3. The first-order valence-electron chi connectivity index (χ1n) is 10.4. The van der Waals surface area contributed by atoms with Gasteiger partial charge < -0.3 is 14.4 Å². The molecule has 2 aromatic rings. The monoisotopic (exact) mass is 381 g/mol. The molecule has 3 rings (SSSR count). The zero-order chi connectivity index (χ0) is 19.8. The predicted molar refractivity (Wildman–Crippen MR) is 113 cm³/mol. The lowest BCUT2D eigenvalue weighted by Crippen LogP contribution is -2.66. The van der Waals surface area contributed by atoms with E-state index in [0.29, 0.717) is 6.61 Å². The fourth-order valence-electron chi connectivity index (χ4n) is 3.76. The van der Waals surface area contributed by atoms with Crippen LogP contribution in [0, 0.1) is 0 Å². The van der Waals surface area contributed by atoms with Gasteiger partial charge in [-0.1, -0.05) is 69.4 Å². The first-order chi connectivity index (χ1) is 13.7. The second-order valence-electron chi connectivity index (χ2n) is 7.39. The van der Waals surface area contributed by atoms with Gasteiger partial charge in [0.1, 0.15) is 5.75 Å². The summed E-state index contributed by atoms with van der Waals surface area (Å²) in [6, 6.07) is 17.9. The van der Waals surface area contributed by atoms with Crippen LogP contribution in [0.15, 0.2) is 54.6 Å². The summed E-state index contributed by atoms with van der Waals surface area (Å²) < 4.78 is 11.3. The van der Waals surface area contributed by atoms with Crippen LogP contribution in [-0.2, 0) is 16.1 Å². The summed E-state index contributed by atoms with van der Waals surface area (Å²) >= 11 is 0. The summed E-state index contributed by atoms with van der Waals surface area (Å²) in [5.41, 5.74) is 2.02. The Kier molecular flexibility index (Phi) is 7.49. The molecule has 0 aliphatic carbocycles. The van der Waals surface area contributed by atoms with Crippen molar-refractivity contribution in [2.75, 3.05) is 12.0 Å². The van der Waals surface area contributed by atoms with Gasteiger partial charge in [-0.2, -0.15) is 0 Å². The van der Waals surface area contributed by atoms with Crippen LogP contribution in [-0.4, -0.2) is 25.2 Å². The van der Waals surface area contributed by atoms with Gasteiger partial charge in [0.25, 0.3) is 5.91 Å². The average molecular weight is 382 g/mol. The minimum absolute atomic E-state index is 0.0552. The molecule has 4 heteroatoms. The van der Waals surface area contributed by atoms with E-state index in [1.54, 1.807) is 7.11 Å². The van der Waals surface area contributed by atoms with Crippen LogP contribution in [0.5, 0.6) is 5.75 Å². The Balaban J connectivity index is 1.64. The Labute approximate surface area is 168 Å². The third-order valence-electron chi connectivity index (χ3n) is 5.39. The van der Waals surface area contributed by atoms with Crippen LogP contribution in [0.1, 0.15) is 51.0 Å². The normalized spacial score (nSPS) is 18.8. The van der Waals surface area contributed by atoms with E-state index >= 15 is 0 Å². The highest BCUT2D eigenvalue weighted by Gasteiger charge is 2.48.